The van der Waals surface area contributed by atoms with Crippen LogP contribution in [0.25, 0.3) is 0 Å². The second-order valence-corrected chi connectivity index (χ2v) is 21.4. The Hall–Kier alpha value is -1.59. The number of carbonyl (C=O) groups excluding carboxylic acids is 3. The fourth-order valence-electron chi connectivity index (χ4n) is 9.20. The quantitative estimate of drug-likeness (QED) is 0.0343. The first kappa shape index (κ1) is 64.4. The predicted molar refractivity (Wildman–Crippen MR) is 284 cm³/mol. The number of unbranched alkanes of at least 4 members (excludes halogenated alkanes) is 38. The summed E-state index contributed by atoms with van der Waals surface area (Å²) in [6, 6.07) is 0. The van der Waals surface area contributed by atoms with Crippen LogP contribution >= 0.6 is 0 Å². The Bertz CT molecular complexity index is 1010. The Morgan fingerprint density at radius 1 is 0.318 bits per heavy atom. The van der Waals surface area contributed by atoms with Gasteiger partial charge in [-0.05, 0) is 31.1 Å². The fourth-order valence-corrected chi connectivity index (χ4v) is 9.20. The van der Waals surface area contributed by atoms with Crippen LogP contribution in [-0.2, 0) is 28.6 Å². The van der Waals surface area contributed by atoms with Crippen molar-refractivity contribution in [1.82, 2.24) is 0 Å². The highest BCUT2D eigenvalue weighted by Crippen LogP contribution is 2.19. The van der Waals surface area contributed by atoms with Crippen LogP contribution in [0.5, 0.6) is 0 Å². The molecule has 0 bridgehead atoms. The van der Waals surface area contributed by atoms with Gasteiger partial charge in [0, 0.05) is 19.3 Å². The molecule has 0 aliphatic heterocycles. The topological polar surface area (TPSA) is 78.9 Å². The maximum atomic E-state index is 12.9. The van der Waals surface area contributed by atoms with Crippen molar-refractivity contribution in [3.8, 4) is 0 Å². The number of hydrogen-bond donors (Lipinski definition) is 0. The van der Waals surface area contributed by atoms with E-state index in [-0.39, 0.29) is 31.1 Å². The van der Waals surface area contributed by atoms with Crippen LogP contribution in [0, 0.1) is 11.8 Å². The summed E-state index contributed by atoms with van der Waals surface area (Å²) in [5, 5.41) is 0. The van der Waals surface area contributed by atoms with E-state index in [0.29, 0.717) is 19.3 Å². The molecule has 0 N–H and O–H groups in total. The van der Waals surface area contributed by atoms with Gasteiger partial charge in [-0.1, -0.05) is 298 Å². The highest BCUT2D eigenvalue weighted by Gasteiger charge is 2.19. The summed E-state index contributed by atoms with van der Waals surface area (Å²) in [5.41, 5.74) is 0. The number of esters is 3. The third kappa shape index (κ3) is 51.8. The van der Waals surface area contributed by atoms with Crippen molar-refractivity contribution in [2.75, 3.05) is 13.2 Å². The SMILES string of the molecule is CCCCCCCCCCCCCCCCCCCCCC(=O)OC[C@H](COC(=O)CCCCCCCCCCCCC(C)CC)OC(=O)CCCCCCCCCCCCCCC(C)C. The predicted octanol–water partition coefficient (Wildman–Crippen LogP) is 19.7. The standard InChI is InChI=1S/C60H116O6/c1-6-8-9-10-11-12-13-14-15-16-17-18-19-20-24-30-35-40-45-50-58(61)64-53-57(54-65-59(62)51-46-41-36-31-27-26-29-34-39-44-49-56(5)7-2)66-60(63)52-47-42-37-32-25-22-21-23-28-33-38-43-48-55(3)4/h55-57H,6-54H2,1-5H3/t56?,57-/m1/s1. The average molecular weight is 934 g/mol. The van der Waals surface area contributed by atoms with Gasteiger partial charge in [0.05, 0.1) is 0 Å². The minimum absolute atomic E-state index is 0.0627. The molecular weight excluding hydrogens is 817 g/mol. The van der Waals surface area contributed by atoms with Crippen molar-refractivity contribution in [1.29, 1.82) is 0 Å². The van der Waals surface area contributed by atoms with Crippen LogP contribution in [-0.4, -0.2) is 37.2 Å². The van der Waals surface area contributed by atoms with Crippen molar-refractivity contribution in [3.05, 3.63) is 0 Å². The van der Waals surface area contributed by atoms with Crippen molar-refractivity contribution in [2.45, 2.75) is 343 Å². The summed E-state index contributed by atoms with van der Waals surface area (Å²) in [6.07, 6.45) is 56.6. The molecule has 0 fully saturated rings. The molecule has 0 aliphatic rings. The summed E-state index contributed by atoms with van der Waals surface area (Å²) in [7, 11) is 0. The van der Waals surface area contributed by atoms with Crippen LogP contribution in [0.1, 0.15) is 336 Å². The van der Waals surface area contributed by atoms with Crippen LogP contribution in [0.3, 0.4) is 0 Å². The molecule has 6 nitrogen and oxygen atoms in total. The molecule has 0 aromatic rings. The summed E-state index contributed by atoms with van der Waals surface area (Å²) < 4.78 is 16.9. The van der Waals surface area contributed by atoms with E-state index < -0.39 is 6.10 Å². The molecule has 1 unspecified atom stereocenters. The van der Waals surface area contributed by atoms with Crippen molar-refractivity contribution >= 4 is 17.9 Å². The number of carbonyl (C=O) groups is 3. The van der Waals surface area contributed by atoms with Crippen molar-refractivity contribution in [2.24, 2.45) is 11.8 Å². The highest BCUT2D eigenvalue weighted by molar-refractivity contribution is 5.71. The van der Waals surface area contributed by atoms with Gasteiger partial charge < -0.3 is 14.2 Å². The van der Waals surface area contributed by atoms with E-state index in [4.69, 9.17) is 14.2 Å². The molecule has 66 heavy (non-hydrogen) atoms. The zero-order valence-electron chi connectivity index (χ0n) is 45.3. The van der Waals surface area contributed by atoms with E-state index in [0.717, 1.165) is 69.6 Å². The molecule has 0 amide bonds. The van der Waals surface area contributed by atoms with Gasteiger partial charge in [0.1, 0.15) is 13.2 Å². The third-order valence-corrected chi connectivity index (χ3v) is 14.1. The molecule has 0 rings (SSSR count). The Morgan fingerprint density at radius 2 is 0.576 bits per heavy atom. The third-order valence-electron chi connectivity index (χ3n) is 14.1. The molecule has 6 heteroatoms. The van der Waals surface area contributed by atoms with Gasteiger partial charge in [0.2, 0.25) is 0 Å². The van der Waals surface area contributed by atoms with Gasteiger partial charge in [-0.3, -0.25) is 14.4 Å². The second kappa shape index (κ2) is 52.8. The largest absolute Gasteiger partial charge is 0.462 e. The first-order chi connectivity index (χ1) is 32.3. The number of rotatable bonds is 54. The molecule has 0 heterocycles. The molecule has 392 valence electrons. The summed E-state index contributed by atoms with van der Waals surface area (Å²) in [6.45, 7) is 11.4. The van der Waals surface area contributed by atoms with E-state index in [1.807, 2.05) is 0 Å². The molecule has 0 radical (unpaired) electrons. The number of hydrogen-bond acceptors (Lipinski definition) is 6. The van der Waals surface area contributed by atoms with Crippen molar-refractivity contribution < 1.29 is 28.6 Å². The molecule has 0 saturated heterocycles. The van der Waals surface area contributed by atoms with Gasteiger partial charge in [-0.2, -0.15) is 0 Å². The maximum Gasteiger partial charge on any atom is 0.306 e. The Morgan fingerprint density at radius 3 is 0.864 bits per heavy atom. The van der Waals surface area contributed by atoms with Gasteiger partial charge in [0.15, 0.2) is 6.10 Å². The van der Waals surface area contributed by atoms with E-state index >= 15 is 0 Å². The number of ether oxygens (including phenoxy) is 3. The van der Waals surface area contributed by atoms with E-state index in [2.05, 4.69) is 34.6 Å². The summed E-state index contributed by atoms with van der Waals surface area (Å²) in [5.74, 6) is 0.863. The van der Waals surface area contributed by atoms with Crippen LogP contribution < -0.4 is 0 Å². The lowest BCUT2D eigenvalue weighted by Crippen LogP contribution is -2.30. The molecule has 0 saturated carbocycles. The molecule has 0 spiro atoms. The molecule has 2 atom stereocenters. The Labute approximate surface area is 412 Å². The first-order valence-corrected chi connectivity index (χ1v) is 29.8. The fraction of sp³-hybridized carbons (Fsp3) is 0.950. The smallest absolute Gasteiger partial charge is 0.306 e. The van der Waals surface area contributed by atoms with E-state index in [9.17, 15) is 14.4 Å². The average Bonchev–Trinajstić information content (AvgIpc) is 3.30. The maximum absolute atomic E-state index is 12.9. The second-order valence-electron chi connectivity index (χ2n) is 21.4. The Balaban J connectivity index is 4.28. The monoisotopic (exact) mass is 933 g/mol. The van der Waals surface area contributed by atoms with Gasteiger partial charge in [-0.15, -0.1) is 0 Å². The summed E-state index contributed by atoms with van der Waals surface area (Å²) in [4.78, 5) is 38.2. The lowest BCUT2D eigenvalue weighted by molar-refractivity contribution is -0.167. The molecule has 0 aromatic carbocycles. The molecular formula is C60H116O6. The van der Waals surface area contributed by atoms with Crippen LogP contribution in [0.4, 0.5) is 0 Å². The van der Waals surface area contributed by atoms with E-state index in [1.165, 1.54) is 225 Å². The first-order valence-electron chi connectivity index (χ1n) is 29.8. The van der Waals surface area contributed by atoms with Crippen LogP contribution in [0.2, 0.25) is 0 Å². The normalized spacial score (nSPS) is 12.5. The van der Waals surface area contributed by atoms with Gasteiger partial charge in [-0.25, -0.2) is 0 Å². The molecule has 0 aliphatic carbocycles. The highest BCUT2D eigenvalue weighted by atomic mass is 16.6. The zero-order valence-corrected chi connectivity index (χ0v) is 45.3. The lowest BCUT2D eigenvalue weighted by atomic mass is 9.99. The lowest BCUT2D eigenvalue weighted by Gasteiger charge is -2.18. The minimum Gasteiger partial charge on any atom is -0.462 e. The Kier molecular flexibility index (Phi) is 51.5. The molecule has 0 aromatic heterocycles. The zero-order chi connectivity index (χ0) is 48.2. The van der Waals surface area contributed by atoms with E-state index in [1.54, 1.807) is 0 Å². The van der Waals surface area contributed by atoms with Crippen molar-refractivity contribution in [3.63, 3.8) is 0 Å². The van der Waals surface area contributed by atoms with Gasteiger partial charge in [0.25, 0.3) is 0 Å². The minimum atomic E-state index is -0.763. The van der Waals surface area contributed by atoms with Gasteiger partial charge >= 0.3 is 17.9 Å². The van der Waals surface area contributed by atoms with Crippen LogP contribution in [0.15, 0.2) is 0 Å². The summed E-state index contributed by atoms with van der Waals surface area (Å²) >= 11 is 0.